The first-order valence-electron chi connectivity index (χ1n) is 8.71. The number of amides is 2. The molecule has 2 amide bonds. The van der Waals surface area contributed by atoms with Crippen LogP contribution in [0.5, 0.6) is 5.75 Å². The summed E-state index contributed by atoms with van der Waals surface area (Å²) in [7, 11) is 1.47. The molecular formula is C21H19NO6. The van der Waals surface area contributed by atoms with Gasteiger partial charge in [0, 0.05) is 11.1 Å². The van der Waals surface area contributed by atoms with Crippen molar-refractivity contribution in [2.24, 2.45) is 0 Å². The number of fused-ring (bicyclic) bond motifs is 1. The maximum atomic E-state index is 12.3. The van der Waals surface area contributed by atoms with Crippen molar-refractivity contribution in [3.8, 4) is 5.75 Å². The minimum Gasteiger partial charge on any atom is -0.496 e. The molecular weight excluding hydrogens is 362 g/mol. The molecule has 0 aromatic heterocycles. The minimum absolute atomic E-state index is 0.0251. The van der Waals surface area contributed by atoms with Gasteiger partial charge in [0.1, 0.15) is 12.4 Å². The summed E-state index contributed by atoms with van der Waals surface area (Å²) in [5.74, 6) is -0.985. The van der Waals surface area contributed by atoms with Crippen molar-refractivity contribution < 1.29 is 28.7 Å². The van der Waals surface area contributed by atoms with E-state index in [0.29, 0.717) is 28.0 Å². The van der Waals surface area contributed by atoms with Crippen LogP contribution >= 0.6 is 0 Å². The van der Waals surface area contributed by atoms with Crippen molar-refractivity contribution in [3.63, 3.8) is 0 Å². The van der Waals surface area contributed by atoms with Crippen molar-refractivity contribution in [1.29, 1.82) is 0 Å². The lowest BCUT2D eigenvalue weighted by Gasteiger charge is -2.14. The van der Waals surface area contributed by atoms with Gasteiger partial charge in [0.2, 0.25) is 0 Å². The summed E-state index contributed by atoms with van der Waals surface area (Å²) in [5.41, 5.74) is 1.70. The number of ketones is 1. The molecule has 2 aromatic rings. The van der Waals surface area contributed by atoms with Gasteiger partial charge in [0.25, 0.3) is 11.8 Å². The molecule has 0 atom stereocenters. The van der Waals surface area contributed by atoms with Gasteiger partial charge in [-0.1, -0.05) is 12.1 Å². The van der Waals surface area contributed by atoms with Crippen molar-refractivity contribution in [2.45, 2.75) is 13.3 Å². The third-order valence-electron chi connectivity index (χ3n) is 4.48. The molecule has 0 saturated heterocycles. The van der Waals surface area contributed by atoms with Gasteiger partial charge in [-0.3, -0.25) is 24.1 Å². The Balaban J connectivity index is 1.59. The number of esters is 1. The van der Waals surface area contributed by atoms with Crippen LogP contribution in [0.1, 0.15) is 43.6 Å². The monoisotopic (exact) mass is 381 g/mol. The molecule has 0 spiro atoms. The number of imide groups is 1. The lowest BCUT2D eigenvalue weighted by atomic mass is 10.0. The third kappa shape index (κ3) is 3.78. The predicted octanol–water partition coefficient (Wildman–Crippen LogP) is 2.28. The summed E-state index contributed by atoms with van der Waals surface area (Å²) in [6, 6.07) is 11.4. The van der Waals surface area contributed by atoms with Crippen LogP contribution in [0, 0.1) is 0 Å². The van der Waals surface area contributed by atoms with E-state index in [0.717, 1.165) is 4.90 Å². The second-order valence-electron chi connectivity index (χ2n) is 6.29. The first kappa shape index (κ1) is 19.3. The van der Waals surface area contributed by atoms with Gasteiger partial charge in [-0.05, 0) is 37.3 Å². The van der Waals surface area contributed by atoms with Gasteiger partial charge in [-0.25, -0.2) is 0 Å². The molecule has 7 nitrogen and oxygen atoms in total. The highest BCUT2D eigenvalue weighted by Crippen LogP contribution is 2.23. The second kappa shape index (κ2) is 8.04. The zero-order valence-corrected chi connectivity index (χ0v) is 15.6. The summed E-state index contributed by atoms with van der Waals surface area (Å²) in [6.07, 6.45) is -0.0909. The summed E-state index contributed by atoms with van der Waals surface area (Å²) >= 11 is 0. The van der Waals surface area contributed by atoms with Gasteiger partial charge in [0.15, 0.2) is 5.78 Å². The summed E-state index contributed by atoms with van der Waals surface area (Å²) < 4.78 is 10.4. The summed E-state index contributed by atoms with van der Waals surface area (Å²) in [4.78, 5) is 49.3. The smallest absolute Gasteiger partial charge is 0.310 e. The first-order chi connectivity index (χ1) is 13.4. The Morgan fingerprint density at radius 3 is 2.21 bits per heavy atom. The van der Waals surface area contributed by atoms with E-state index in [9.17, 15) is 19.2 Å². The molecule has 0 N–H and O–H groups in total. The van der Waals surface area contributed by atoms with E-state index in [1.807, 2.05) is 0 Å². The molecule has 1 aliphatic rings. The Bertz CT molecular complexity index is 930. The number of hydrogen-bond donors (Lipinski definition) is 0. The Morgan fingerprint density at radius 1 is 1.00 bits per heavy atom. The molecule has 0 radical (unpaired) electrons. The van der Waals surface area contributed by atoms with Gasteiger partial charge >= 0.3 is 5.97 Å². The number of carbonyl (C=O) groups excluding carboxylic acids is 4. The van der Waals surface area contributed by atoms with E-state index in [1.54, 1.807) is 42.5 Å². The van der Waals surface area contributed by atoms with Crippen molar-refractivity contribution in [3.05, 3.63) is 64.7 Å². The largest absolute Gasteiger partial charge is 0.496 e. The average Bonchev–Trinajstić information content (AvgIpc) is 2.93. The fourth-order valence-corrected chi connectivity index (χ4v) is 3.04. The molecule has 28 heavy (non-hydrogen) atoms. The maximum Gasteiger partial charge on any atom is 0.310 e. The first-order valence-corrected chi connectivity index (χ1v) is 8.71. The Hall–Kier alpha value is -3.48. The van der Waals surface area contributed by atoms with Crippen LogP contribution in [-0.4, -0.2) is 48.7 Å². The highest BCUT2D eigenvalue weighted by molar-refractivity contribution is 6.21. The average molecular weight is 381 g/mol. The Labute approximate surface area is 161 Å². The van der Waals surface area contributed by atoms with Crippen molar-refractivity contribution in [1.82, 2.24) is 4.90 Å². The summed E-state index contributed by atoms with van der Waals surface area (Å²) in [6.45, 7) is 1.30. The van der Waals surface area contributed by atoms with Gasteiger partial charge < -0.3 is 9.47 Å². The fraction of sp³-hybridized carbons (Fsp3) is 0.238. The molecule has 3 rings (SSSR count). The maximum absolute atomic E-state index is 12.3. The van der Waals surface area contributed by atoms with E-state index in [4.69, 9.17) is 9.47 Å². The number of rotatable bonds is 7. The number of ether oxygens (including phenoxy) is 2. The molecule has 144 valence electrons. The number of Topliss-reactive ketones (excluding diaryl/α,β-unsaturated/α-hetero) is 1. The zero-order chi connectivity index (χ0) is 20.3. The number of carbonyl (C=O) groups is 4. The highest BCUT2D eigenvalue weighted by atomic mass is 16.5. The normalized spacial score (nSPS) is 12.7. The standard InChI is InChI=1S/C21H19NO6/c1-13(23)14-7-8-18(27-2)15(11-14)12-19(24)28-10-9-22-20(25)16-5-3-4-6-17(16)21(22)26/h3-8,11H,9-10,12H2,1-2H3. The van der Waals surface area contributed by atoms with Crippen molar-refractivity contribution >= 4 is 23.6 Å². The van der Waals surface area contributed by atoms with Crippen LogP contribution < -0.4 is 4.74 Å². The quantitative estimate of drug-likeness (QED) is 0.415. The molecule has 0 fully saturated rings. The highest BCUT2D eigenvalue weighted by Gasteiger charge is 2.34. The van der Waals surface area contributed by atoms with Gasteiger partial charge in [-0.2, -0.15) is 0 Å². The predicted molar refractivity (Wildman–Crippen MR) is 99.5 cm³/mol. The van der Waals surface area contributed by atoms with E-state index >= 15 is 0 Å². The second-order valence-corrected chi connectivity index (χ2v) is 6.29. The van der Waals surface area contributed by atoms with Crippen LogP contribution in [-0.2, 0) is 16.0 Å². The topological polar surface area (TPSA) is 90.0 Å². The summed E-state index contributed by atoms with van der Waals surface area (Å²) in [5, 5.41) is 0. The zero-order valence-electron chi connectivity index (χ0n) is 15.6. The third-order valence-corrected chi connectivity index (χ3v) is 4.48. The van der Waals surface area contributed by atoms with Crippen molar-refractivity contribution in [2.75, 3.05) is 20.3 Å². The molecule has 2 aromatic carbocycles. The van der Waals surface area contributed by atoms with E-state index < -0.39 is 17.8 Å². The molecule has 1 heterocycles. The van der Waals surface area contributed by atoms with E-state index in [2.05, 4.69) is 0 Å². The van der Waals surface area contributed by atoms with Crippen LogP contribution in [0.15, 0.2) is 42.5 Å². The number of methoxy groups -OCH3 is 1. The minimum atomic E-state index is -0.546. The molecule has 0 aliphatic carbocycles. The van der Waals surface area contributed by atoms with E-state index in [-0.39, 0.29) is 25.4 Å². The Morgan fingerprint density at radius 2 is 1.64 bits per heavy atom. The molecule has 0 unspecified atom stereocenters. The van der Waals surface area contributed by atoms with Gasteiger partial charge in [-0.15, -0.1) is 0 Å². The fourth-order valence-electron chi connectivity index (χ4n) is 3.04. The molecule has 0 saturated carbocycles. The van der Waals surface area contributed by atoms with Crippen LogP contribution in [0.2, 0.25) is 0 Å². The number of benzene rings is 2. The van der Waals surface area contributed by atoms with Gasteiger partial charge in [0.05, 0.1) is 31.2 Å². The van der Waals surface area contributed by atoms with Crippen LogP contribution in [0.4, 0.5) is 0 Å². The lowest BCUT2D eigenvalue weighted by molar-refractivity contribution is -0.143. The molecule has 0 bridgehead atoms. The van der Waals surface area contributed by atoms with E-state index in [1.165, 1.54) is 14.0 Å². The number of nitrogens with zero attached hydrogens (tertiary/aromatic N) is 1. The van der Waals surface area contributed by atoms with Crippen LogP contribution in [0.25, 0.3) is 0 Å². The lowest BCUT2D eigenvalue weighted by Crippen LogP contribution is -2.33. The SMILES string of the molecule is COc1ccc(C(C)=O)cc1CC(=O)OCCN1C(=O)c2ccccc2C1=O. The Kier molecular flexibility index (Phi) is 5.54. The molecule has 1 aliphatic heterocycles. The molecule has 7 heteroatoms. The van der Waals surface area contributed by atoms with Crippen LogP contribution in [0.3, 0.4) is 0 Å². The number of hydrogen-bond acceptors (Lipinski definition) is 6.